The molecule has 0 unspecified atom stereocenters. The number of nitrogens with zero attached hydrogens (tertiary/aromatic N) is 2. The lowest BCUT2D eigenvalue weighted by Gasteiger charge is -2.32. The van der Waals surface area contributed by atoms with Crippen LogP contribution in [-0.2, 0) is 26.2 Å². The normalized spacial score (nSPS) is 14.9. The van der Waals surface area contributed by atoms with Gasteiger partial charge in [0.05, 0.1) is 19.1 Å². The molecule has 2 amide bonds. The van der Waals surface area contributed by atoms with Gasteiger partial charge in [-0.2, -0.15) is 0 Å². The van der Waals surface area contributed by atoms with Gasteiger partial charge in [0.15, 0.2) is 0 Å². The Morgan fingerprint density at radius 2 is 1.70 bits per heavy atom. The molecule has 37 heavy (non-hydrogen) atoms. The van der Waals surface area contributed by atoms with Gasteiger partial charge >= 0.3 is 0 Å². The van der Waals surface area contributed by atoms with E-state index in [0.29, 0.717) is 17.4 Å². The minimum Gasteiger partial charge on any atom is -0.497 e. The predicted octanol–water partition coefficient (Wildman–Crippen LogP) is 4.06. The molecule has 0 spiro atoms. The van der Waals surface area contributed by atoms with Crippen molar-refractivity contribution in [1.82, 2.24) is 10.2 Å². The first-order valence-electron chi connectivity index (χ1n) is 12.8. The van der Waals surface area contributed by atoms with E-state index in [1.807, 2.05) is 24.3 Å². The first kappa shape index (κ1) is 28.5. The van der Waals surface area contributed by atoms with Gasteiger partial charge in [-0.25, -0.2) is 8.42 Å². The fourth-order valence-electron chi connectivity index (χ4n) is 4.58. The minimum atomic E-state index is -3.76. The lowest BCUT2D eigenvalue weighted by molar-refractivity contribution is -0.139. The summed E-state index contributed by atoms with van der Waals surface area (Å²) in [5.41, 5.74) is 2.26. The quantitative estimate of drug-likeness (QED) is 0.474. The summed E-state index contributed by atoms with van der Waals surface area (Å²) in [6, 6.07) is 13.8. The van der Waals surface area contributed by atoms with Crippen LogP contribution in [0.3, 0.4) is 0 Å². The van der Waals surface area contributed by atoms with Crippen LogP contribution in [0.15, 0.2) is 48.5 Å². The van der Waals surface area contributed by atoms with Crippen molar-refractivity contribution in [3.8, 4) is 5.75 Å². The number of amides is 2. The molecule has 2 aromatic rings. The largest absolute Gasteiger partial charge is 0.497 e. The van der Waals surface area contributed by atoms with Gasteiger partial charge < -0.3 is 15.0 Å². The van der Waals surface area contributed by atoms with Crippen LogP contribution < -0.4 is 14.4 Å². The third-order valence-corrected chi connectivity index (χ3v) is 8.02. The maximum atomic E-state index is 13.7. The average molecular weight is 530 g/mol. The van der Waals surface area contributed by atoms with E-state index in [4.69, 9.17) is 4.74 Å². The van der Waals surface area contributed by atoms with Crippen LogP contribution in [0.4, 0.5) is 5.69 Å². The van der Waals surface area contributed by atoms with Gasteiger partial charge in [-0.1, -0.05) is 51.0 Å². The Morgan fingerprint density at radius 1 is 1.05 bits per heavy atom. The third-order valence-electron chi connectivity index (χ3n) is 6.88. The Morgan fingerprint density at radius 3 is 2.27 bits per heavy atom. The van der Waals surface area contributed by atoms with E-state index in [-0.39, 0.29) is 18.5 Å². The number of nitrogens with one attached hydrogen (secondary N) is 1. The Balaban J connectivity index is 1.88. The van der Waals surface area contributed by atoms with Gasteiger partial charge in [-0.3, -0.25) is 13.9 Å². The summed E-state index contributed by atoms with van der Waals surface area (Å²) in [6.45, 7) is 5.53. The summed E-state index contributed by atoms with van der Waals surface area (Å²) in [7, 11) is -2.20. The van der Waals surface area contributed by atoms with Crippen LogP contribution in [0.5, 0.6) is 5.75 Å². The molecule has 0 radical (unpaired) electrons. The molecule has 1 atom stereocenters. The third kappa shape index (κ3) is 7.71. The molecule has 2 aromatic carbocycles. The van der Waals surface area contributed by atoms with E-state index in [2.05, 4.69) is 19.2 Å². The average Bonchev–Trinajstić information content (AvgIpc) is 3.37. The summed E-state index contributed by atoms with van der Waals surface area (Å²) >= 11 is 0. The number of carbonyl (C=O) groups excluding carboxylic acids is 2. The molecule has 0 heterocycles. The minimum absolute atomic E-state index is 0.107. The maximum Gasteiger partial charge on any atom is 0.244 e. The highest BCUT2D eigenvalue weighted by atomic mass is 32.2. The molecule has 1 aliphatic rings. The zero-order valence-corrected chi connectivity index (χ0v) is 23.3. The summed E-state index contributed by atoms with van der Waals surface area (Å²) in [5, 5.41) is 3.06. The second-order valence-electron chi connectivity index (χ2n) is 10.1. The maximum absolute atomic E-state index is 13.7. The second-order valence-corrected chi connectivity index (χ2v) is 12.0. The number of benzene rings is 2. The highest BCUT2D eigenvalue weighted by molar-refractivity contribution is 7.92. The van der Waals surface area contributed by atoms with Crippen molar-refractivity contribution in [3.63, 3.8) is 0 Å². The van der Waals surface area contributed by atoms with Crippen molar-refractivity contribution >= 4 is 27.5 Å². The van der Waals surface area contributed by atoms with Crippen molar-refractivity contribution in [2.45, 2.75) is 71.0 Å². The van der Waals surface area contributed by atoms with Crippen molar-refractivity contribution in [2.24, 2.45) is 0 Å². The van der Waals surface area contributed by atoms with E-state index >= 15 is 0 Å². The predicted molar refractivity (Wildman–Crippen MR) is 146 cm³/mol. The van der Waals surface area contributed by atoms with E-state index in [0.717, 1.165) is 47.4 Å². The number of anilines is 1. The van der Waals surface area contributed by atoms with E-state index < -0.39 is 28.5 Å². The Kier molecular flexibility index (Phi) is 9.59. The number of ether oxygens (including phenoxy) is 1. The number of sulfonamides is 1. The van der Waals surface area contributed by atoms with Gasteiger partial charge in [-0.05, 0) is 61.1 Å². The molecule has 8 nitrogen and oxygen atoms in total. The molecule has 0 aromatic heterocycles. The molecular formula is C28H39N3O5S. The molecule has 3 rings (SSSR count). The zero-order chi connectivity index (χ0) is 27.2. The smallest absolute Gasteiger partial charge is 0.244 e. The van der Waals surface area contributed by atoms with Gasteiger partial charge in [0.2, 0.25) is 21.8 Å². The molecule has 202 valence electrons. The number of hydrogen-bond donors (Lipinski definition) is 1. The molecule has 0 aliphatic heterocycles. The first-order valence-corrected chi connectivity index (χ1v) is 14.6. The van der Waals surface area contributed by atoms with Gasteiger partial charge in [0.25, 0.3) is 0 Å². The molecule has 1 N–H and O–H groups in total. The fourth-order valence-corrected chi connectivity index (χ4v) is 5.43. The standard InChI is InChI=1S/C28H39N3O5S/c1-20(2)23-13-15-25(16-14-23)31(37(5,34)35)19-27(32)30(18-22-9-8-12-26(17-22)36-4)21(3)28(33)29-24-10-6-7-11-24/h8-9,12-17,20-21,24H,6-7,10-11,18-19H2,1-5H3,(H,29,33)/t21-/m1/s1. The molecule has 0 bridgehead atoms. The number of methoxy groups -OCH3 is 1. The first-order chi connectivity index (χ1) is 17.5. The van der Waals surface area contributed by atoms with E-state index in [1.54, 1.807) is 38.3 Å². The number of rotatable bonds is 11. The number of carbonyl (C=O) groups is 2. The lowest BCUT2D eigenvalue weighted by Crippen LogP contribution is -2.52. The van der Waals surface area contributed by atoms with Gasteiger partial charge in [-0.15, -0.1) is 0 Å². The summed E-state index contributed by atoms with van der Waals surface area (Å²) in [5.74, 6) is 0.224. The van der Waals surface area contributed by atoms with Crippen molar-refractivity contribution in [3.05, 3.63) is 59.7 Å². The van der Waals surface area contributed by atoms with Crippen LogP contribution >= 0.6 is 0 Å². The Labute approximate surface area is 221 Å². The van der Waals surface area contributed by atoms with Crippen LogP contribution in [0.2, 0.25) is 0 Å². The molecule has 1 aliphatic carbocycles. The lowest BCUT2D eigenvalue weighted by atomic mass is 10.0. The highest BCUT2D eigenvalue weighted by Gasteiger charge is 2.31. The van der Waals surface area contributed by atoms with Crippen LogP contribution in [0.25, 0.3) is 0 Å². The van der Waals surface area contributed by atoms with Crippen molar-refractivity contribution in [1.29, 1.82) is 0 Å². The Bertz CT molecular complexity index is 1170. The highest BCUT2D eigenvalue weighted by Crippen LogP contribution is 2.24. The van der Waals surface area contributed by atoms with Gasteiger partial charge in [0, 0.05) is 12.6 Å². The van der Waals surface area contributed by atoms with E-state index in [1.165, 1.54) is 4.90 Å². The summed E-state index contributed by atoms with van der Waals surface area (Å²) < 4.78 is 31.9. The van der Waals surface area contributed by atoms with Gasteiger partial charge in [0.1, 0.15) is 18.3 Å². The Hall–Kier alpha value is -3.07. The topological polar surface area (TPSA) is 96.0 Å². The molecule has 9 heteroatoms. The summed E-state index contributed by atoms with van der Waals surface area (Å²) in [6.07, 6.45) is 5.09. The fraction of sp³-hybridized carbons (Fsp3) is 0.500. The SMILES string of the molecule is COc1cccc(CN(C(=O)CN(c2ccc(C(C)C)cc2)S(C)(=O)=O)[C@H](C)C(=O)NC2CCCC2)c1. The van der Waals surface area contributed by atoms with Crippen LogP contribution in [0, 0.1) is 0 Å². The zero-order valence-electron chi connectivity index (χ0n) is 22.4. The molecule has 1 fully saturated rings. The van der Waals surface area contributed by atoms with Crippen LogP contribution in [-0.4, -0.2) is 57.1 Å². The molecule has 0 saturated heterocycles. The van der Waals surface area contributed by atoms with Crippen molar-refractivity contribution in [2.75, 3.05) is 24.2 Å². The molecular weight excluding hydrogens is 490 g/mol. The van der Waals surface area contributed by atoms with Crippen molar-refractivity contribution < 1.29 is 22.7 Å². The molecule has 1 saturated carbocycles. The number of hydrogen-bond acceptors (Lipinski definition) is 5. The van der Waals surface area contributed by atoms with E-state index in [9.17, 15) is 18.0 Å². The second kappa shape index (κ2) is 12.4. The van der Waals surface area contributed by atoms with Crippen LogP contribution in [0.1, 0.15) is 63.5 Å². The summed E-state index contributed by atoms with van der Waals surface area (Å²) in [4.78, 5) is 28.3. The monoisotopic (exact) mass is 529 g/mol.